The van der Waals surface area contributed by atoms with Gasteiger partial charge in [-0.3, -0.25) is 0 Å². The first-order valence-corrected chi connectivity index (χ1v) is 6.73. The highest BCUT2D eigenvalue weighted by atomic mass is 79.9. The largest absolute Gasteiger partial charge is 0.309 e. The van der Waals surface area contributed by atoms with E-state index in [9.17, 15) is 4.39 Å². The molecule has 0 amide bonds. The molecule has 0 atom stereocenters. The summed E-state index contributed by atoms with van der Waals surface area (Å²) in [6.07, 6.45) is 0. The van der Waals surface area contributed by atoms with Crippen molar-refractivity contribution in [3.05, 3.63) is 34.1 Å². The van der Waals surface area contributed by atoms with Gasteiger partial charge in [-0.05, 0) is 29.0 Å². The average molecular weight is 300 g/mol. The zero-order chi connectivity index (χ0) is 12.8. The SMILES string of the molecule is CC1(C)C(NCc2cc(Br)ccc2F)C1(C)C. The molecule has 17 heavy (non-hydrogen) atoms. The van der Waals surface area contributed by atoms with Crippen LogP contribution in [0.2, 0.25) is 0 Å². The van der Waals surface area contributed by atoms with Gasteiger partial charge in [0.25, 0.3) is 0 Å². The third-order valence-electron chi connectivity index (χ3n) is 4.53. The van der Waals surface area contributed by atoms with E-state index >= 15 is 0 Å². The summed E-state index contributed by atoms with van der Waals surface area (Å²) in [5, 5.41) is 3.46. The molecule has 0 aromatic heterocycles. The second kappa shape index (κ2) is 4.06. The Bertz CT molecular complexity index is 426. The summed E-state index contributed by atoms with van der Waals surface area (Å²) in [4.78, 5) is 0. The third-order valence-corrected chi connectivity index (χ3v) is 5.02. The van der Waals surface area contributed by atoms with Gasteiger partial charge in [0, 0.05) is 22.6 Å². The minimum atomic E-state index is -0.142. The van der Waals surface area contributed by atoms with Crippen molar-refractivity contribution in [3.63, 3.8) is 0 Å². The van der Waals surface area contributed by atoms with E-state index < -0.39 is 0 Å². The molecule has 1 aliphatic rings. The molecule has 1 N–H and O–H groups in total. The van der Waals surface area contributed by atoms with Crippen LogP contribution >= 0.6 is 15.9 Å². The molecule has 1 saturated carbocycles. The normalized spacial score (nSPS) is 21.5. The molecular weight excluding hydrogens is 281 g/mol. The van der Waals surface area contributed by atoms with Crippen LogP contribution in [0.4, 0.5) is 4.39 Å². The van der Waals surface area contributed by atoms with Gasteiger partial charge >= 0.3 is 0 Å². The van der Waals surface area contributed by atoms with E-state index in [-0.39, 0.29) is 16.6 Å². The summed E-state index contributed by atoms with van der Waals surface area (Å²) in [6, 6.07) is 5.52. The lowest BCUT2D eigenvalue weighted by Crippen LogP contribution is -2.22. The van der Waals surface area contributed by atoms with Crippen LogP contribution < -0.4 is 5.32 Å². The van der Waals surface area contributed by atoms with Crippen molar-refractivity contribution < 1.29 is 4.39 Å². The molecule has 1 nitrogen and oxygen atoms in total. The Labute approximate surface area is 111 Å². The minimum Gasteiger partial charge on any atom is -0.309 e. The minimum absolute atomic E-state index is 0.142. The van der Waals surface area contributed by atoms with Gasteiger partial charge in [-0.1, -0.05) is 43.6 Å². The Morgan fingerprint density at radius 3 is 2.35 bits per heavy atom. The molecule has 0 spiro atoms. The van der Waals surface area contributed by atoms with Crippen LogP contribution in [-0.4, -0.2) is 6.04 Å². The van der Waals surface area contributed by atoms with Crippen LogP contribution in [0.1, 0.15) is 33.3 Å². The number of benzene rings is 1. The van der Waals surface area contributed by atoms with Crippen molar-refractivity contribution in [1.29, 1.82) is 0 Å². The number of hydrogen-bond donors (Lipinski definition) is 1. The maximum Gasteiger partial charge on any atom is 0.127 e. The fraction of sp³-hybridized carbons (Fsp3) is 0.571. The predicted molar refractivity (Wildman–Crippen MR) is 72.3 cm³/mol. The van der Waals surface area contributed by atoms with Gasteiger partial charge in [-0.2, -0.15) is 0 Å². The molecule has 0 aliphatic heterocycles. The standard InChI is InChI=1S/C14H19BrFN/c1-13(2)12(14(13,3)4)17-8-9-7-10(15)5-6-11(9)16/h5-7,12,17H,8H2,1-4H3. The molecule has 1 aromatic rings. The lowest BCUT2D eigenvalue weighted by Gasteiger charge is -2.08. The Kier molecular flexibility index (Phi) is 3.11. The van der Waals surface area contributed by atoms with Crippen molar-refractivity contribution in [2.45, 2.75) is 40.3 Å². The van der Waals surface area contributed by atoms with Crippen molar-refractivity contribution in [3.8, 4) is 0 Å². The first-order valence-electron chi connectivity index (χ1n) is 5.94. The zero-order valence-corrected chi connectivity index (χ0v) is 12.4. The Morgan fingerprint density at radius 1 is 1.24 bits per heavy atom. The third kappa shape index (κ3) is 2.15. The molecule has 94 valence electrons. The molecule has 0 heterocycles. The Balaban J connectivity index is 2.03. The van der Waals surface area contributed by atoms with Crippen molar-refractivity contribution in [2.24, 2.45) is 10.8 Å². The maximum atomic E-state index is 13.6. The van der Waals surface area contributed by atoms with E-state index in [0.717, 1.165) is 10.0 Å². The van der Waals surface area contributed by atoms with Crippen LogP contribution in [0.3, 0.4) is 0 Å². The predicted octanol–water partition coefficient (Wildman–Crippen LogP) is 4.11. The molecule has 3 heteroatoms. The molecule has 0 bridgehead atoms. The molecule has 0 radical (unpaired) electrons. The number of rotatable bonds is 3. The van der Waals surface area contributed by atoms with Gasteiger partial charge in [0.2, 0.25) is 0 Å². The number of nitrogens with one attached hydrogen (secondary N) is 1. The van der Waals surface area contributed by atoms with E-state index in [1.54, 1.807) is 6.07 Å². The van der Waals surface area contributed by atoms with Gasteiger partial charge in [0.15, 0.2) is 0 Å². The lowest BCUT2D eigenvalue weighted by molar-refractivity contribution is 0.457. The maximum absolute atomic E-state index is 13.6. The quantitative estimate of drug-likeness (QED) is 0.885. The van der Waals surface area contributed by atoms with Gasteiger partial charge in [-0.15, -0.1) is 0 Å². The van der Waals surface area contributed by atoms with Crippen LogP contribution in [0.15, 0.2) is 22.7 Å². The molecule has 2 rings (SSSR count). The zero-order valence-electron chi connectivity index (χ0n) is 10.8. The van der Waals surface area contributed by atoms with Crippen LogP contribution in [0, 0.1) is 16.6 Å². The van der Waals surface area contributed by atoms with Crippen molar-refractivity contribution >= 4 is 15.9 Å². The second-order valence-corrected chi connectivity index (χ2v) is 6.91. The number of hydrogen-bond acceptors (Lipinski definition) is 1. The van der Waals surface area contributed by atoms with Gasteiger partial charge < -0.3 is 5.32 Å². The first-order chi connectivity index (χ1) is 7.76. The fourth-order valence-corrected chi connectivity index (χ4v) is 3.01. The Hall–Kier alpha value is -0.410. The summed E-state index contributed by atoms with van der Waals surface area (Å²) in [7, 11) is 0. The van der Waals surface area contributed by atoms with Crippen LogP contribution in [-0.2, 0) is 6.54 Å². The van der Waals surface area contributed by atoms with E-state index in [1.807, 2.05) is 6.07 Å². The summed E-state index contributed by atoms with van der Waals surface area (Å²) >= 11 is 3.37. The number of halogens is 2. The Morgan fingerprint density at radius 2 is 1.82 bits per heavy atom. The van der Waals surface area contributed by atoms with E-state index in [1.165, 1.54) is 6.07 Å². The summed E-state index contributed by atoms with van der Waals surface area (Å²) < 4.78 is 14.5. The average Bonchev–Trinajstić information content (AvgIpc) is 2.60. The van der Waals surface area contributed by atoms with Gasteiger partial charge in [-0.25, -0.2) is 4.39 Å². The summed E-state index contributed by atoms with van der Waals surface area (Å²) in [5.41, 5.74) is 1.29. The van der Waals surface area contributed by atoms with Gasteiger partial charge in [0.1, 0.15) is 5.82 Å². The highest BCUT2D eigenvalue weighted by Gasteiger charge is 2.64. The van der Waals surface area contributed by atoms with E-state index in [0.29, 0.717) is 12.6 Å². The second-order valence-electron chi connectivity index (χ2n) is 5.99. The van der Waals surface area contributed by atoms with Crippen LogP contribution in [0.5, 0.6) is 0 Å². The van der Waals surface area contributed by atoms with E-state index in [4.69, 9.17) is 0 Å². The molecule has 1 aliphatic carbocycles. The topological polar surface area (TPSA) is 12.0 Å². The molecule has 1 aromatic carbocycles. The van der Waals surface area contributed by atoms with Crippen LogP contribution in [0.25, 0.3) is 0 Å². The summed E-state index contributed by atoms with van der Waals surface area (Å²) in [6.45, 7) is 9.59. The monoisotopic (exact) mass is 299 g/mol. The summed E-state index contributed by atoms with van der Waals surface area (Å²) in [5.74, 6) is -0.142. The highest BCUT2D eigenvalue weighted by Crippen LogP contribution is 2.62. The van der Waals surface area contributed by atoms with Crippen molar-refractivity contribution in [1.82, 2.24) is 5.32 Å². The fourth-order valence-electron chi connectivity index (χ4n) is 2.60. The molecular formula is C14H19BrFN. The van der Waals surface area contributed by atoms with E-state index in [2.05, 4.69) is 48.9 Å². The first kappa shape index (κ1) is 13.0. The molecule has 0 unspecified atom stereocenters. The smallest absolute Gasteiger partial charge is 0.127 e. The lowest BCUT2D eigenvalue weighted by atomic mass is 10.0. The highest BCUT2D eigenvalue weighted by molar-refractivity contribution is 9.10. The molecule has 1 fully saturated rings. The van der Waals surface area contributed by atoms with Gasteiger partial charge in [0.05, 0.1) is 0 Å². The molecule has 0 saturated heterocycles. The van der Waals surface area contributed by atoms with Crippen molar-refractivity contribution in [2.75, 3.05) is 0 Å².